The van der Waals surface area contributed by atoms with Crippen LogP contribution in [0, 0.1) is 13.8 Å². The molecule has 32 heavy (non-hydrogen) atoms. The summed E-state index contributed by atoms with van der Waals surface area (Å²) in [6.07, 6.45) is 0. The normalized spacial score (nSPS) is 10.8. The first kappa shape index (κ1) is 21.0. The van der Waals surface area contributed by atoms with E-state index in [4.69, 9.17) is 9.72 Å². The van der Waals surface area contributed by atoms with E-state index in [0.717, 1.165) is 22.2 Å². The van der Waals surface area contributed by atoms with Crippen LogP contribution in [0.15, 0.2) is 54.6 Å². The van der Waals surface area contributed by atoms with Crippen LogP contribution in [0.1, 0.15) is 28.5 Å². The second-order valence-electron chi connectivity index (χ2n) is 7.45. The van der Waals surface area contributed by atoms with Crippen LogP contribution in [-0.2, 0) is 4.79 Å². The molecule has 2 aromatic heterocycles. The van der Waals surface area contributed by atoms with Crippen LogP contribution < -0.4 is 15.4 Å². The predicted octanol–water partition coefficient (Wildman–Crippen LogP) is 4.26. The fourth-order valence-electron chi connectivity index (χ4n) is 3.54. The quantitative estimate of drug-likeness (QED) is 0.494. The van der Waals surface area contributed by atoms with Gasteiger partial charge in [-0.15, -0.1) is 0 Å². The first-order chi connectivity index (χ1) is 15.4. The molecule has 0 saturated carbocycles. The van der Waals surface area contributed by atoms with E-state index in [9.17, 15) is 9.59 Å². The fraction of sp³-hybridized carbons (Fsp3) is 0.167. The van der Waals surface area contributed by atoms with Gasteiger partial charge in [0.15, 0.2) is 5.82 Å². The summed E-state index contributed by atoms with van der Waals surface area (Å²) in [7, 11) is 1.61. The molecule has 4 aromatic rings. The topological polar surface area (TPSA) is 98.1 Å². The highest BCUT2D eigenvalue weighted by atomic mass is 16.5. The summed E-state index contributed by atoms with van der Waals surface area (Å²) in [4.78, 5) is 29.0. The van der Waals surface area contributed by atoms with Crippen molar-refractivity contribution in [3.8, 4) is 11.6 Å². The molecule has 0 fully saturated rings. The summed E-state index contributed by atoms with van der Waals surface area (Å²) >= 11 is 0. The molecule has 4 rings (SSSR count). The Hall–Kier alpha value is -4.20. The van der Waals surface area contributed by atoms with Gasteiger partial charge >= 0.3 is 0 Å². The van der Waals surface area contributed by atoms with E-state index in [-0.39, 0.29) is 11.8 Å². The third-order valence-electron chi connectivity index (χ3n) is 4.95. The van der Waals surface area contributed by atoms with Crippen molar-refractivity contribution in [3.63, 3.8) is 0 Å². The molecule has 8 heteroatoms. The molecular weight excluding hydrogens is 406 g/mol. The van der Waals surface area contributed by atoms with E-state index in [0.29, 0.717) is 28.6 Å². The first-order valence-electron chi connectivity index (χ1n) is 10.1. The van der Waals surface area contributed by atoms with Crippen LogP contribution in [0.5, 0.6) is 5.75 Å². The lowest BCUT2D eigenvalue weighted by Crippen LogP contribution is -2.16. The predicted molar refractivity (Wildman–Crippen MR) is 124 cm³/mol. The van der Waals surface area contributed by atoms with Crippen molar-refractivity contribution in [1.29, 1.82) is 0 Å². The van der Waals surface area contributed by atoms with Crippen molar-refractivity contribution in [3.05, 3.63) is 71.4 Å². The van der Waals surface area contributed by atoms with Crippen molar-refractivity contribution in [2.75, 3.05) is 17.7 Å². The number of rotatable bonds is 5. The van der Waals surface area contributed by atoms with E-state index in [2.05, 4.69) is 15.7 Å². The number of aromatic nitrogens is 3. The smallest absolute Gasteiger partial charge is 0.256 e. The number of fused-ring (bicyclic) bond motifs is 1. The van der Waals surface area contributed by atoms with Gasteiger partial charge in [0.25, 0.3) is 5.91 Å². The van der Waals surface area contributed by atoms with E-state index in [1.54, 1.807) is 42.1 Å². The standard InChI is InChI=1S/C24H23N5O3/c1-14-11-21(26-23-19(14)9-6-10-20(23)32-4)29-22(12-15(2)28-29)27-24(31)17-7-5-8-18(13-17)25-16(3)30/h5-13H,1-4H3,(H,25,30)(H,27,31). The van der Waals surface area contributed by atoms with Gasteiger partial charge in [0.2, 0.25) is 5.91 Å². The van der Waals surface area contributed by atoms with E-state index >= 15 is 0 Å². The van der Waals surface area contributed by atoms with Gasteiger partial charge < -0.3 is 15.4 Å². The molecule has 0 aliphatic heterocycles. The maximum absolute atomic E-state index is 12.9. The Kier molecular flexibility index (Phi) is 5.59. The average Bonchev–Trinajstić information content (AvgIpc) is 3.13. The molecule has 0 saturated heterocycles. The van der Waals surface area contributed by atoms with E-state index in [1.807, 2.05) is 38.1 Å². The lowest BCUT2D eigenvalue weighted by atomic mass is 10.1. The Bertz CT molecular complexity index is 1340. The molecule has 2 heterocycles. The summed E-state index contributed by atoms with van der Waals surface area (Å²) < 4.78 is 7.08. The van der Waals surface area contributed by atoms with E-state index in [1.165, 1.54) is 6.92 Å². The van der Waals surface area contributed by atoms with Crippen molar-refractivity contribution in [2.24, 2.45) is 0 Å². The number of benzene rings is 2. The zero-order chi connectivity index (χ0) is 22.8. The minimum atomic E-state index is -0.326. The molecule has 0 unspecified atom stereocenters. The molecule has 2 aromatic carbocycles. The summed E-state index contributed by atoms with van der Waals surface area (Å²) in [5.41, 5.74) is 3.42. The summed E-state index contributed by atoms with van der Waals surface area (Å²) in [5.74, 6) is 1.18. The maximum atomic E-state index is 12.9. The maximum Gasteiger partial charge on any atom is 0.256 e. The lowest BCUT2D eigenvalue weighted by Gasteiger charge is -2.12. The Balaban J connectivity index is 1.71. The van der Waals surface area contributed by atoms with Crippen molar-refractivity contribution in [2.45, 2.75) is 20.8 Å². The van der Waals surface area contributed by atoms with Gasteiger partial charge in [-0.2, -0.15) is 9.78 Å². The SMILES string of the molecule is COc1cccc2c(C)cc(-n3nc(C)cc3NC(=O)c3cccc(NC(C)=O)c3)nc12. The number of methoxy groups -OCH3 is 1. The zero-order valence-corrected chi connectivity index (χ0v) is 18.3. The van der Waals surface area contributed by atoms with Gasteiger partial charge in [-0.25, -0.2) is 4.98 Å². The second kappa shape index (κ2) is 8.50. The Morgan fingerprint density at radius 1 is 1.00 bits per heavy atom. The molecule has 8 nitrogen and oxygen atoms in total. The van der Waals surface area contributed by atoms with E-state index < -0.39 is 0 Å². The minimum absolute atomic E-state index is 0.204. The molecule has 0 aliphatic rings. The molecule has 162 valence electrons. The summed E-state index contributed by atoms with van der Waals surface area (Å²) in [6, 6.07) is 16.2. The number of hydrogen-bond donors (Lipinski definition) is 2. The molecule has 0 radical (unpaired) electrons. The molecule has 0 atom stereocenters. The molecule has 0 bridgehead atoms. The number of ether oxygens (including phenoxy) is 1. The van der Waals surface area contributed by atoms with Crippen LogP contribution >= 0.6 is 0 Å². The number of pyridine rings is 1. The minimum Gasteiger partial charge on any atom is -0.494 e. The summed E-state index contributed by atoms with van der Waals surface area (Å²) in [5, 5.41) is 11.1. The summed E-state index contributed by atoms with van der Waals surface area (Å²) in [6.45, 7) is 5.26. The first-order valence-corrected chi connectivity index (χ1v) is 10.1. The Labute approximate surface area is 185 Å². The zero-order valence-electron chi connectivity index (χ0n) is 18.3. The largest absolute Gasteiger partial charge is 0.494 e. The third-order valence-corrected chi connectivity index (χ3v) is 4.95. The van der Waals surface area contributed by atoms with Gasteiger partial charge in [0.05, 0.1) is 12.8 Å². The third kappa shape index (κ3) is 4.15. The number of hydrogen-bond acceptors (Lipinski definition) is 5. The van der Waals surface area contributed by atoms with Gasteiger partial charge in [-0.3, -0.25) is 9.59 Å². The lowest BCUT2D eigenvalue weighted by molar-refractivity contribution is -0.114. The van der Waals surface area contributed by atoms with Gasteiger partial charge in [0.1, 0.15) is 17.1 Å². The van der Waals surface area contributed by atoms with Crippen molar-refractivity contribution >= 4 is 34.2 Å². The molecule has 0 spiro atoms. The molecule has 2 amide bonds. The van der Waals surface area contributed by atoms with Gasteiger partial charge in [-0.1, -0.05) is 18.2 Å². The Morgan fingerprint density at radius 2 is 1.78 bits per heavy atom. The van der Waals surface area contributed by atoms with Crippen molar-refractivity contribution < 1.29 is 14.3 Å². The van der Waals surface area contributed by atoms with Crippen LogP contribution in [0.4, 0.5) is 11.5 Å². The number of amides is 2. The highest BCUT2D eigenvalue weighted by molar-refractivity contribution is 6.05. The number of aryl methyl sites for hydroxylation is 2. The molecule has 0 aliphatic carbocycles. The Morgan fingerprint density at radius 3 is 2.53 bits per heavy atom. The average molecular weight is 429 g/mol. The van der Waals surface area contributed by atoms with Gasteiger partial charge in [-0.05, 0) is 49.7 Å². The van der Waals surface area contributed by atoms with Crippen LogP contribution in [0.25, 0.3) is 16.7 Å². The highest BCUT2D eigenvalue weighted by Gasteiger charge is 2.16. The highest BCUT2D eigenvalue weighted by Crippen LogP contribution is 2.28. The number of anilines is 2. The molecule has 2 N–H and O–H groups in total. The monoisotopic (exact) mass is 429 g/mol. The fourth-order valence-corrected chi connectivity index (χ4v) is 3.54. The van der Waals surface area contributed by atoms with Crippen LogP contribution in [0.3, 0.4) is 0 Å². The van der Waals surface area contributed by atoms with Crippen molar-refractivity contribution in [1.82, 2.24) is 14.8 Å². The van der Waals surface area contributed by atoms with Crippen LogP contribution in [-0.4, -0.2) is 33.7 Å². The van der Waals surface area contributed by atoms with Crippen LogP contribution in [0.2, 0.25) is 0 Å². The number of carbonyl (C=O) groups excluding carboxylic acids is 2. The van der Waals surface area contributed by atoms with Gasteiger partial charge in [0, 0.05) is 29.6 Å². The second-order valence-corrected chi connectivity index (χ2v) is 7.45. The number of nitrogens with one attached hydrogen (secondary N) is 2. The number of carbonyl (C=O) groups is 2. The number of para-hydroxylation sites is 1. The number of nitrogens with zero attached hydrogens (tertiary/aromatic N) is 3. The molecular formula is C24H23N5O3.